The molecular weight excluding hydrogens is 412 g/mol. The Morgan fingerprint density at radius 2 is 1.47 bits per heavy atom. The van der Waals surface area contributed by atoms with Crippen LogP contribution in [0.2, 0.25) is 0 Å². The van der Waals surface area contributed by atoms with E-state index in [1.165, 1.54) is 0 Å². The van der Waals surface area contributed by atoms with E-state index >= 15 is 0 Å². The van der Waals surface area contributed by atoms with E-state index < -0.39 is 36.2 Å². The third-order valence-electron chi connectivity index (χ3n) is 4.79. The number of carbonyl (C=O) groups is 3. The molecule has 0 aromatic heterocycles. The molecule has 8 nitrogen and oxygen atoms in total. The summed E-state index contributed by atoms with van der Waals surface area (Å²) in [7, 11) is 0. The molecule has 0 aliphatic rings. The van der Waals surface area contributed by atoms with Gasteiger partial charge in [-0.15, -0.1) is 0 Å². The maximum atomic E-state index is 12.6. The normalized spacial score (nSPS) is 13.6. The molecule has 172 valence electrons. The molecule has 8 heteroatoms. The Bertz CT molecular complexity index is 873. The highest BCUT2D eigenvalue weighted by atomic mass is 16.5. The van der Waals surface area contributed by atoms with Crippen molar-refractivity contribution in [1.82, 2.24) is 10.6 Å². The van der Waals surface area contributed by atoms with Gasteiger partial charge in [-0.05, 0) is 29.9 Å². The number of nitrogens with one attached hydrogen (secondary N) is 2. The van der Waals surface area contributed by atoms with E-state index in [1.54, 1.807) is 36.4 Å². The van der Waals surface area contributed by atoms with Gasteiger partial charge >= 0.3 is 12.1 Å². The van der Waals surface area contributed by atoms with Gasteiger partial charge in [0.2, 0.25) is 0 Å². The Morgan fingerprint density at radius 1 is 0.906 bits per heavy atom. The molecule has 2 rings (SSSR count). The van der Waals surface area contributed by atoms with Crippen LogP contribution in [-0.4, -0.2) is 46.4 Å². The average molecular weight is 443 g/mol. The molecular formula is C24H30N2O6. The van der Waals surface area contributed by atoms with E-state index in [4.69, 9.17) is 4.74 Å². The van der Waals surface area contributed by atoms with Crippen LogP contribution in [0.15, 0.2) is 60.7 Å². The van der Waals surface area contributed by atoms with Gasteiger partial charge in [-0.2, -0.15) is 0 Å². The van der Waals surface area contributed by atoms with E-state index in [2.05, 4.69) is 10.6 Å². The molecule has 2 unspecified atom stereocenters. The Morgan fingerprint density at radius 3 is 2.00 bits per heavy atom. The second kappa shape index (κ2) is 12.5. The molecule has 3 atom stereocenters. The van der Waals surface area contributed by atoms with Crippen molar-refractivity contribution in [2.24, 2.45) is 5.92 Å². The minimum absolute atomic E-state index is 0.0275. The molecule has 32 heavy (non-hydrogen) atoms. The number of alkyl carbamates (subject to hydrolysis) is 1. The molecule has 0 saturated carbocycles. The summed E-state index contributed by atoms with van der Waals surface area (Å²) < 4.78 is 5.21. The summed E-state index contributed by atoms with van der Waals surface area (Å²) in [6.07, 6.45) is -2.10. The molecule has 0 saturated heterocycles. The van der Waals surface area contributed by atoms with Crippen molar-refractivity contribution >= 4 is 18.0 Å². The number of carboxylic acid groups (broad SMARTS) is 1. The van der Waals surface area contributed by atoms with Crippen molar-refractivity contribution in [2.45, 2.75) is 51.5 Å². The highest BCUT2D eigenvalue weighted by molar-refractivity contribution is 5.87. The third-order valence-corrected chi connectivity index (χ3v) is 4.79. The number of aliphatic hydroxyl groups is 1. The quantitative estimate of drug-likeness (QED) is 0.424. The van der Waals surface area contributed by atoms with Crippen LogP contribution in [0.1, 0.15) is 31.4 Å². The zero-order valence-electron chi connectivity index (χ0n) is 18.2. The largest absolute Gasteiger partial charge is 0.480 e. The highest BCUT2D eigenvalue weighted by Gasteiger charge is 2.31. The smallest absolute Gasteiger partial charge is 0.407 e. The van der Waals surface area contributed by atoms with Crippen LogP contribution in [0.4, 0.5) is 4.79 Å². The van der Waals surface area contributed by atoms with Gasteiger partial charge in [0.1, 0.15) is 12.6 Å². The van der Waals surface area contributed by atoms with Gasteiger partial charge < -0.3 is 25.6 Å². The van der Waals surface area contributed by atoms with E-state index in [9.17, 15) is 24.6 Å². The fraction of sp³-hybridized carbons (Fsp3) is 0.375. The lowest BCUT2D eigenvalue weighted by Gasteiger charge is -2.25. The number of ether oxygens (including phenoxy) is 1. The first-order chi connectivity index (χ1) is 15.3. The maximum absolute atomic E-state index is 12.6. The Labute approximate surface area is 187 Å². The van der Waals surface area contributed by atoms with Gasteiger partial charge in [0.15, 0.2) is 6.10 Å². The molecule has 0 bridgehead atoms. The first-order valence-corrected chi connectivity index (χ1v) is 10.5. The molecule has 0 radical (unpaired) electrons. The second-order valence-corrected chi connectivity index (χ2v) is 7.98. The molecule has 4 N–H and O–H groups in total. The zero-order chi connectivity index (χ0) is 23.5. The summed E-state index contributed by atoms with van der Waals surface area (Å²) in [4.78, 5) is 36.4. The first-order valence-electron chi connectivity index (χ1n) is 10.5. The van der Waals surface area contributed by atoms with Crippen molar-refractivity contribution in [3.8, 4) is 0 Å². The van der Waals surface area contributed by atoms with Gasteiger partial charge in [0.25, 0.3) is 5.91 Å². The Hall–Kier alpha value is -3.39. The number of carboxylic acids is 1. The second-order valence-electron chi connectivity index (χ2n) is 7.98. The lowest BCUT2D eigenvalue weighted by atomic mass is 9.99. The summed E-state index contributed by atoms with van der Waals surface area (Å²) in [5.74, 6) is -2.03. The lowest BCUT2D eigenvalue weighted by Crippen LogP contribution is -2.54. The van der Waals surface area contributed by atoms with E-state index in [0.717, 1.165) is 11.1 Å². The summed E-state index contributed by atoms with van der Waals surface area (Å²) in [5, 5.41) is 24.9. The number of hydrogen-bond acceptors (Lipinski definition) is 5. The van der Waals surface area contributed by atoms with Gasteiger partial charge in [0, 0.05) is 0 Å². The molecule has 0 heterocycles. The van der Waals surface area contributed by atoms with Crippen molar-refractivity contribution < 1.29 is 29.3 Å². The van der Waals surface area contributed by atoms with Gasteiger partial charge in [-0.3, -0.25) is 4.79 Å². The number of carbonyl (C=O) groups excluding carboxylic acids is 2. The number of hydrogen-bond donors (Lipinski definition) is 4. The fourth-order valence-corrected chi connectivity index (χ4v) is 3.16. The van der Waals surface area contributed by atoms with Crippen molar-refractivity contribution in [2.75, 3.05) is 0 Å². The van der Waals surface area contributed by atoms with Crippen LogP contribution < -0.4 is 10.6 Å². The van der Waals surface area contributed by atoms with Gasteiger partial charge in [-0.1, -0.05) is 74.5 Å². The minimum atomic E-state index is -1.67. The minimum Gasteiger partial charge on any atom is -0.480 e. The van der Waals surface area contributed by atoms with Crippen LogP contribution >= 0.6 is 0 Å². The standard InChI is InChI=1S/C24H30N2O6/c1-16(2)13-20(23(29)30)25-22(28)21(27)19(14-17-9-5-3-6-10-17)26-24(31)32-15-18-11-7-4-8-12-18/h3-12,16,19-21,27H,13-15H2,1-2H3,(H,25,28)(H,26,31)(H,29,30)/t19?,20-,21?/m0/s1. The fourth-order valence-electron chi connectivity index (χ4n) is 3.16. The third kappa shape index (κ3) is 8.39. The average Bonchev–Trinajstić information content (AvgIpc) is 2.77. The summed E-state index contributed by atoms with van der Waals surface area (Å²) in [6.45, 7) is 3.70. The number of amides is 2. The molecule has 2 amide bonds. The molecule has 2 aromatic carbocycles. The van der Waals surface area contributed by atoms with Crippen LogP contribution in [-0.2, 0) is 27.4 Å². The number of benzene rings is 2. The predicted octanol–water partition coefficient (Wildman–Crippen LogP) is 2.50. The lowest BCUT2D eigenvalue weighted by molar-refractivity contribution is -0.144. The van der Waals surface area contributed by atoms with Crippen molar-refractivity contribution in [3.05, 3.63) is 71.8 Å². The Kier molecular flexibility index (Phi) is 9.69. The molecule has 2 aromatic rings. The summed E-state index contributed by atoms with van der Waals surface area (Å²) in [6, 6.07) is 16.0. The van der Waals surface area contributed by atoms with E-state index in [0.29, 0.717) is 0 Å². The van der Waals surface area contributed by atoms with Crippen molar-refractivity contribution in [1.29, 1.82) is 0 Å². The molecule has 0 fully saturated rings. The zero-order valence-corrected chi connectivity index (χ0v) is 18.2. The monoisotopic (exact) mass is 442 g/mol. The number of aliphatic hydroxyl groups excluding tert-OH is 1. The summed E-state index contributed by atoms with van der Waals surface area (Å²) in [5.41, 5.74) is 1.57. The predicted molar refractivity (Wildman–Crippen MR) is 119 cm³/mol. The maximum Gasteiger partial charge on any atom is 0.407 e. The van der Waals surface area contributed by atoms with Crippen LogP contribution in [0, 0.1) is 5.92 Å². The van der Waals surface area contributed by atoms with Gasteiger partial charge in [0.05, 0.1) is 6.04 Å². The van der Waals surface area contributed by atoms with E-state index in [-0.39, 0.29) is 25.4 Å². The molecule has 0 aliphatic heterocycles. The molecule has 0 spiro atoms. The van der Waals surface area contributed by atoms with Crippen LogP contribution in [0.5, 0.6) is 0 Å². The summed E-state index contributed by atoms with van der Waals surface area (Å²) >= 11 is 0. The van der Waals surface area contributed by atoms with Crippen molar-refractivity contribution in [3.63, 3.8) is 0 Å². The topological polar surface area (TPSA) is 125 Å². The highest BCUT2D eigenvalue weighted by Crippen LogP contribution is 2.10. The van der Waals surface area contributed by atoms with Crippen LogP contribution in [0.3, 0.4) is 0 Å². The van der Waals surface area contributed by atoms with Crippen LogP contribution in [0.25, 0.3) is 0 Å². The number of aliphatic carboxylic acids is 1. The Balaban J connectivity index is 2.07. The number of rotatable bonds is 11. The molecule has 0 aliphatic carbocycles. The van der Waals surface area contributed by atoms with Gasteiger partial charge in [-0.25, -0.2) is 9.59 Å². The SMILES string of the molecule is CC(C)C[C@H](NC(=O)C(O)C(Cc1ccccc1)NC(=O)OCc1ccccc1)C(=O)O. The van der Waals surface area contributed by atoms with E-state index in [1.807, 2.05) is 38.1 Å². The first kappa shape index (κ1) is 24.9.